The third-order valence-corrected chi connectivity index (χ3v) is 3.95. The molecule has 0 aliphatic heterocycles. The van der Waals surface area contributed by atoms with Gasteiger partial charge in [0.25, 0.3) is 5.91 Å². The van der Waals surface area contributed by atoms with E-state index in [1.807, 2.05) is 47.2 Å². The monoisotopic (exact) mass is 364 g/mol. The highest BCUT2D eigenvalue weighted by Gasteiger charge is 2.11. The third-order valence-electron chi connectivity index (χ3n) is 3.95. The lowest BCUT2D eigenvalue weighted by Gasteiger charge is -2.11. The van der Waals surface area contributed by atoms with Crippen LogP contribution in [0.25, 0.3) is 0 Å². The van der Waals surface area contributed by atoms with Gasteiger partial charge in [0.1, 0.15) is 11.4 Å². The zero-order valence-electron chi connectivity index (χ0n) is 14.9. The fraction of sp³-hybridized carbons (Fsp3) is 0.143. The van der Waals surface area contributed by atoms with E-state index in [4.69, 9.17) is 4.74 Å². The Morgan fingerprint density at radius 3 is 2.41 bits per heavy atom. The predicted octanol–water partition coefficient (Wildman–Crippen LogP) is 3.34. The van der Waals surface area contributed by atoms with Crippen LogP contribution in [0.5, 0.6) is 5.75 Å². The number of aromatic nitrogens is 1. The largest absolute Gasteiger partial charge is 0.482 e. The van der Waals surface area contributed by atoms with E-state index in [0.717, 1.165) is 5.56 Å². The first-order valence-electron chi connectivity index (χ1n) is 8.46. The summed E-state index contributed by atoms with van der Waals surface area (Å²) in [6.07, 6.45) is 1.88. The fourth-order valence-corrected chi connectivity index (χ4v) is 2.57. The quantitative estimate of drug-likeness (QED) is 0.653. The number of nitrogens with zero attached hydrogens (tertiary/aromatic N) is 1. The van der Waals surface area contributed by atoms with E-state index < -0.39 is 5.97 Å². The van der Waals surface area contributed by atoms with Gasteiger partial charge in [-0.25, -0.2) is 4.79 Å². The normalized spacial score (nSPS) is 10.3. The molecule has 3 aromatic rings. The number of hydrogen-bond acceptors (Lipinski definition) is 4. The molecule has 1 aromatic heterocycles. The number of ether oxygens (including phenoxy) is 2. The number of carbonyl (C=O) groups is 2. The van der Waals surface area contributed by atoms with E-state index in [1.165, 1.54) is 7.11 Å². The van der Waals surface area contributed by atoms with Crippen LogP contribution in [0.15, 0.2) is 72.9 Å². The van der Waals surface area contributed by atoms with Gasteiger partial charge < -0.3 is 19.4 Å². The van der Waals surface area contributed by atoms with Crippen LogP contribution in [0.3, 0.4) is 0 Å². The minimum atomic E-state index is -0.452. The van der Waals surface area contributed by atoms with Crippen molar-refractivity contribution in [3.05, 3.63) is 84.2 Å². The highest BCUT2D eigenvalue weighted by atomic mass is 16.6. The number of methoxy groups -OCH3 is 1. The Morgan fingerprint density at radius 1 is 0.963 bits per heavy atom. The third kappa shape index (κ3) is 4.98. The summed E-state index contributed by atoms with van der Waals surface area (Å²) < 4.78 is 11.7. The fourth-order valence-electron chi connectivity index (χ4n) is 2.57. The molecule has 0 aliphatic rings. The van der Waals surface area contributed by atoms with Gasteiger partial charge in [-0.3, -0.25) is 4.79 Å². The van der Waals surface area contributed by atoms with Crippen LogP contribution >= 0.6 is 0 Å². The highest BCUT2D eigenvalue weighted by Crippen LogP contribution is 2.17. The first-order chi connectivity index (χ1) is 13.2. The van der Waals surface area contributed by atoms with Gasteiger partial charge in [-0.2, -0.15) is 0 Å². The molecule has 0 saturated carbocycles. The van der Waals surface area contributed by atoms with Crippen molar-refractivity contribution in [2.24, 2.45) is 0 Å². The molecule has 138 valence electrons. The van der Waals surface area contributed by atoms with E-state index in [1.54, 1.807) is 30.3 Å². The molecule has 0 saturated heterocycles. The summed E-state index contributed by atoms with van der Waals surface area (Å²) >= 11 is 0. The maximum Gasteiger partial charge on any atom is 0.343 e. The Bertz CT molecular complexity index is 901. The van der Waals surface area contributed by atoms with Crippen molar-refractivity contribution in [1.82, 2.24) is 4.57 Å². The molecule has 1 amide bonds. The van der Waals surface area contributed by atoms with E-state index in [-0.39, 0.29) is 12.5 Å². The summed E-state index contributed by atoms with van der Waals surface area (Å²) in [6, 6.07) is 20.4. The number of rotatable bonds is 7. The number of benzene rings is 2. The topological polar surface area (TPSA) is 69.6 Å². The molecular formula is C21H20N2O4. The van der Waals surface area contributed by atoms with Gasteiger partial charge in [-0.05, 0) is 42.0 Å². The Labute approximate surface area is 157 Å². The average molecular weight is 364 g/mol. The second-order valence-corrected chi connectivity index (χ2v) is 5.85. The number of amides is 1. The van der Waals surface area contributed by atoms with Crippen molar-refractivity contribution < 1.29 is 19.1 Å². The average Bonchev–Trinajstić information content (AvgIpc) is 3.16. The number of carbonyl (C=O) groups excluding carboxylic acids is 2. The van der Waals surface area contributed by atoms with Crippen LogP contribution in [0.4, 0.5) is 5.69 Å². The summed E-state index contributed by atoms with van der Waals surface area (Å²) in [4.78, 5) is 23.7. The van der Waals surface area contributed by atoms with Crippen LogP contribution in [-0.2, 0) is 16.1 Å². The molecule has 0 spiro atoms. The van der Waals surface area contributed by atoms with Gasteiger partial charge in [0.2, 0.25) is 0 Å². The summed E-state index contributed by atoms with van der Waals surface area (Å²) in [5.74, 6) is -0.128. The molecule has 0 fully saturated rings. The van der Waals surface area contributed by atoms with Gasteiger partial charge in [0.05, 0.1) is 7.11 Å². The van der Waals surface area contributed by atoms with E-state index in [2.05, 4.69) is 10.1 Å². The Balaban J connectivity index is 1.62. The minimum Gasteiger partial charge on any atom is -0.482 e. The number of nitrogens with one attached hydrogen (secondary N) is 1. The predicted molar refractivity (Wildman–Crippen MR) is 102 cm³/mol. The summed E-state index contributed by atoms with van der Waals surface area (Å²) in [6.45, 7) is 0.464. The molecule has 2 aromatic carbocycles. The molecule has 6 nitrogen and oxygen atoms in total. The van der Waals surface area contributed by atoms with Crippen molar-refractivity contribution in [3.8, 4) is 5.75 Å². The first kappa shape index (κ1) is 18.3. The van der Waals surface area contributed by atoms with Gasteiger partial charge >= 0.3 is 5.97 Å². The lowest BCUT2D eigenvalue weighted by Crippen LogP contribution is -2.17. The number of anilines is 1. The Hall–Kier alpha value is -3.54. The summed E-state index contributed by atoms with van der Waals surface area (Å²) in [5.41, 5.74) is 2.33. The van der Waals surface area contributed by atoms with Crippen LogP contribution in [0.2, 0.25) is 0 Å². The van der Waals surface area contributed by atoms with Crippen molar-refractivity contribution in [1.29, 1.82) is 0 Å². The lowest BCUT2D eigenvalue weighted by molar-refractivity contribution is -0.142. The molecule has 27 heavy (non-hydrogen) atoms. The maximum absolute atomic E-state index is 12.6. The van der Waals surface area contributed by atoms with Gasteiger partial charge in [-0.1, -0.05) is 30.3 Å². The van der Waals surface area contributed by atoms with Crippen LogP contribution in [0.1, 0.15) is 16.1 Å². The molecule has 6 heteroatoms. The van der Waals surface area contributed by atoms with E-state index in [9.17, 15) is 9.59 Å². The van der Waals surface area contributed by atoms with Crippen molar-refractivity contribution in [3.63, 3.8) is 0 Å². The minimum absolute atomic E-state index is 0.158. The van der Waals surface area contributed by atoms with Crippen LogP contribution in [0, 0.1) is 0 Å². The molecule has 0 aliphatic carbocycles. The SMILES string of the molecule is COC(=O)COc1ccc(NC(=O)c2cccn2Cc2ccccc2)cc1. The Kier molecular flexibility index (Phi) is 5.89. The second kappa shape index (κ2) is 8.71. The van der Waals surface area contributed by atoms with Crippen LogP contribution in [-0.4, -0.2) is 30.2 Å². The zero-order chi connectivity index (χ0) is 19.1. The van der Waals surface area contributed by atoms with Crippen molar-refractivity contribution >= 4 is 17.6 Å². The molecular weight excluding hydrogens is 344 g/mol. The van der Waals surface area contributed by atoms with Crippen LogP contribution < -0.4 is 10.1 Å². The number of esters is 1. The second-order valence-electron chi connectivity index (χ2n) is 5.85. The molecule has 0 atom stereocenters. The van der Waals surface area contributed by atoms with Gasteiger partial charge in [0.15, 0.2) is 6.61 Å². The van der Waals surface area contributed by atoms with E-state index in [0.29, 0.717) is 23.7 Å². The number of hydrogen-bond donors (Lipinski definition) is 1. The zero-order valence-corrected chi connectivity index (χ0v) is 14.9. The van der Waals surface area contributed by atoms with Gasteiger partial charge in [-0.15, -0.1) is 0 Å². The van der Waals surface area contributed by atoms with Crippen molar-refractivity contribution in [2.75, 3.05) is 19.0 Å². The summed E-state index contributed by atoms with van der Waals surface area (Å²) in [7, 11) is 1.30. The van der Waals surface area contributed by atoms with E-state index >= 15 is 0 Å². The lowest BCUT2D eigenvalue weighted by atomic mass is 10.2. The molecule has 0 bridgehead atoms. The van der Waals surface area contributed by atoms with Crippen molar-refractivity contribution in [2.45, 2.75) is 6.54 Å². The Morgan fingerprint density at radius 2 is 1.70 bits per heavy atom. The first-order valence-corrected chi connectivity index (χ1v) is 8.46. The molecule has 1 heterocycles. The molecule has 0 radical (unpaired) electrons. The molecule has 0 unspecified atom stereocenters. The molecule has 3 rings (SSSR count). The molecule has 1 N–H and O–H groups in total. The highest BCUT2D eigenvalue weighted by molar-refractivity contribution is 6.03. The standard InChI is InChI=1S/C21H20N2O4/c1-26-20(24)15-27-18-11-9-17(10-12-18)22-21(25)19-8-5-13-23(19)14-16-6-3-2-4-7-16/h2-13H,14-15H2,1H3,(H,22,25). The maximum atomic E-state index is 12.6. The smallest absolute Gasteiger partial charge is 0.343 e. The summed E-state index contributed by atoms with van der Waals surface area (Å²) in [5, 5.41) is 2.87. The van der Waals surface area contributed by atoms with Gasteiger partial charge in [0, 0.05) is 18.4 Å².